The maximum atomic E-state index is 11.9. The number of fused-ring (bicyclic) bond motifs is 1. The number of amides is 1. The molecule has 20 heavy (non-hydrogen) atoms. The average Bonchev–Trinajstić information content (AvgIpc) is 2.97. The molecule has 104 valence electrons. The van der Waals surface area contributed by atoms with Gasteiger partial charge in [-0.3, -0.25) is 24.6 Å². The van der Waals surface area contributed by atoms with E-state index in [1.807, 2.05) is 0 Å². The molecule has 1 aromatic carbocycles. The van der Waals surface area contributed by atoms with Crippen LogP contribution in [0.1, 0.15) is 12.8 Å². The Morgan fingerprint density at radius 1 is 1.20 bits per heavy atom. The number of carbonyl (C=O) groups excluding carboxylic acids is 1. The lowest BCUT2D eigenvalue weighted by atomic mass is 10.1. The van der Waals surface area contributed by atoms with Gasteiger partial charge in [0.05, 0.1) is 10.8 Å². The van der Waals surface area contributed by atoms with Crippen molar-refractivity contribution < 1.29 is 9.53 Å². The van der Waals surface area contributed by atoms with Gasteiger partial charge in [-0.05, 0) is 31.0 Å². The highest BCUT2D eigenvalue weighted by Gasteiger charge is 2.23. The van der Waals surface area contributed by atoms with Gasteiger partial charge in [0.1, 0.15) is 6.10 Å². The third-order valence-electron chi connectivity index (χ3n) is 3.29. The molecule has 1 aliphatic rings. The number of H-pyrrole nitrogens is 2. The van der Waals surface area contributed by atoms with Crippen LogP contribution >= 0.6 is 0 Å². The van der Waals surface area contributed by atoms with E-state index in [4.69, 9.17) is 4.74 Å². The van der Waals surface area contributed by atoms with Gasteiger partial charge in [-0.25, -0.2) is 0 Å². The Morgan fingerprint density at radius 2 is 1.95 bits per heavy atom. The van der Waals surface area contributed by atoms with Crippen LogP contribution in [0, 0.1) is 0 Å². The molecule has 1 saturated heterocycles. The summed E-state index contributed by atoms with van der Waals surface area (Å²) in [4.78, 5) is 35.1. The van der Waals surface area contributed by atoms with Crippen molar-refractivity contribution in [2.45, 2.75) is 18.9 Å². The number of hydrogen-bond donors (Lipinski definition) is 3. The zero-order chi connectivity index (χ0) is 14.1. The predicted octanol–water partition coefficient (Wildman–Crippen LogP) is 0.334. The van der Waals surface area contributed by atoms with Gasteiger partial charge in [0.25, 0.3) is 17.0 Å². The molecule has 1 aromatic heterocycles. The first-order valence-corrected chi connectivity index (χ1v) is 6.32. The molecule has 0 aliphatic carbocycles. The smallest absolute Gasteiger partial charge is 0.270 e. The number of carbonyl (C=O) groups is 1. The monoisotopic (exact) mass is 275 g/mol. The van der Waals surface area contributed by atoms with Crippen LogP contribution in [0.4, 0.5) is 5.69 Å². The SMILES string of the molecule is O=C(Nc1ccc2c(=O)[nH][nH]c(=O)c2c1)C1CCCO1. The number of rotatable bonds is 2. The van der Waals surface area contributed by atoms with Gasteiger partial charge in [-0.1, -0.05) is 0 Å². The Hall–Kier alpha value is -2.41. The van der Waals surface area contributed by atoms with Crippen molar-refractivity contribution in [2.24, 2.45) is 0 Å². The molecule has 7 nitrogen and oxygen atoms in total. The van der Waals surface area contributed by atoms with E-state index in [0.29, 0.717) is 18.7 Å². The third-order valence-corrected chi connectivity index (χ3v) is 3.29. The Labute approximate surface area is 112 Å². The molecule has 0 saturated carbocycles. The standard InChI is InChI=1S/C13H13N3O4/c17-11-8-4-3-7(6-9(8)12(18)16-15-11)14-13(19)10-2-1-5-20-10/h3-4,6,10H,1-2,5H2,(H,14,19)(H,15,17)(H,16,18). The van der Waals surface area contributed by atoms with E-state index in [-0.39, 0.29) is 22.2 Å². The van der Waals surface area contributed by atoms with E-state index in [2.05, 4.69) is 15.5 Å². The fourth-order valence-corrected chi connectivity index (χ4v) is 2.26. The van der Waals surface area contributed by atoms with E-state index >= 15 is 0 Å². The van der Waals surface area contributed by atoms with Gasteiger partial charge >= 0.3 is 0 Å². The van der Waals surface area contributed by atoms with Crippen LogP contribution < -0.4 is 16.4 Å². The Bertz CT molecular complexity index is 771. The summed E-state index contributed by atoms with van der Waals surface area (Å²) in [5, 5.41) is 7.71. The van der Waals surface area contributed by atoms with Crippen LogP contribution in [-0.2, 0) is 9.53 Å². The van der Waals surface area contributed by atoms with Gasteiger partial charge in [0, 0.05) is 12.3 Å². The van der Waals surface area contributed by atoms with E-state index in [1.165, 1.54) is 12.1 Å². The maximum absolute atomic E-state index is 11.9. The van der Waals surface area contributed by atoms with E-state index in [0.717, 1.165) is 6.42 Å². The van der Waals surface area contributed by atoms with Crippen molar-refractivity contribution in [3.05, 3.63) is 38.9 Å². The lowest BCUT2D eigenvalue weighted by Gasteiger charge is -2.10. The van der Waals surface area contributed by atoms with E-state index < -0.39 is 11.7 Å². The molecule has 0 radical (unpaired) electrons. The quantitative estimate of drug-likeness (QED) is 0.734. The second-order valence-corrected chi connectivity index (χ2v) is 4.66. The highest BCUT2D eigenvalue weighted by Crippen LogP contribution is 2.17. The molecule has 1 amide bonds. The first-order chi connectivity index (χ1) is 9.65. The first kappa shape index (κ1) is 12.6. The first-order valence-electron chi connectivity index (χ1n) is 6.32. The fourth-order valence-electron chi connectivity index (χ4n) is 2.26. The minimum absolute atomic E-state index is 0.233. The molecule has 2 heterocycles. The highest BCUT2D eigenvalue weighted by molar-refractivity contribution is 5.96. The van der Waals surface area contributed by atoms with Crippen molar-refractivity contribution in [3.63, 3.8) is 0 Å². The number of ether oxygens (including phenoxy) is 1. The zero-order valence-corrected chi connectivity index (χ0v) is 10.6. The number of aromatic amines is 2. The van der Waals surface area contributed by atoms with Gasteiger partial charge < -0.3 is 10.1 Å². The molecule has 1 fully saturated rings. The third kappa shape index (κ3) is 2.23. The number of benzene rings is 1. The van der Waals surface area contributed by atoms with Crippen molar-refractivity contribution in [3.8, 4) is 0 Å². The molecular formula is C13H13N3O4. The van der Waals surface area contributed by atoms with Crippen molar-refractivity contribution in [2.75, 3.05) is 11.9 Å². The van der Waals surface area contributed by atoms with Crippen LogP contribution in [0.25, 0.3) is 10.8 Å². The summed E-state index contributed by atoms with van der Waals surface area (Å²) in [6, 6.07) is 4.58. The summed E-state index contributed by atoms with van der Waals surface area (Å²) in [5.74, 6) is -0.233. The largest absolute Gasteiger partial charge is 0.368 e. The summed E-state index contributed by atoms with van der Waals surface area (Å²) in [7, 11) is 0. The molecular weight excluding hydrogens is 262 g/mol. The summed E-state index contributed by atoms with van der Waals surface area (Å²) >= 11 is 0. The fraction of sp³-hybridized carbons (Fsp3) is 0.308. The Morgan fingerprint density at radius 3 is 2.65 bits per heavy atom. The maximum Gasteiger partial charge on any atom is 0.270 e. The molecule has 0 bridgehead atoms. The average molecular weight is 275 g/mol. The molecule has 3 N–H and O–H groups in total. The number of hydrogen-bond acceptors (Lipinski definition) is 4. The number of aromatic nitrogens is 2. The van der Waals surface area contributed by atoms with Crippen molar-refractivity contribution >= 4 is 22.4 Å². The predicted molar refractivity (Wildman–Crippen MR) is 72.8 cm³/mol. The summed E-state index contributed by atoms with van der Waals surface area (Å²) in [6.45, 7) is 0.588. The van der Waals surface area contributed by atoms with Crippen molar-refractivity contribution in [1.29, 1.82) is 0 Å². The molecule has 3 rings (SSSR count). The minimum atomic E-state index is -0.442. The van der Waals surface area contributed by atoms with Crippen LogP contribution in [0.5, 0.6) is 0 Å². The van der Waals surface area contributed by atoms with Gasteiger partial charge in [-0.2, -0.15) is 0 Å². The molecule has 0 spiro atoms. The second kappa shape index (κ2) is 4.93. The molecule has 1 atom stereocenters. The summed E-state index contributed by atoms with van der Waals surface area (Å²) in [6.07, 6.45) is 1.12. The molecule has 2 aromatic rings. The zero-order valence-electron chi connectivity index (χ0n) is 10.6. The summed E-state index contributed by atoms with van der Waals surface area (Å²) in [5.41, 5.74) is -0.321. The molecule has 7 heteroatoms. The van der Waals surface area contributed by atoms with E-state index in [1.54, 1.807) is 6.07 Å². The Balaban J connectivity index is 1.93. The van der Waals surface area contributed by atoms with Gasteiger partial charge in [-0.15, -0.1) is 0 Å². The summed E-state index contributed by atoms with van der Waals surface area (Å²) < 4.78 is 5.28. The molecule has 1 aliphatic heterocycles. The van der Waals surface area contributed by atoms with Gasteiger partial charge in [0.15, 0.2) is 0 Å². The number of anilines is 1. The number of nitrogens with one attached hydrogen (secondary N) is 3. The van der Waals surface area contributed by atoms with Crippen LogP contribution in [0.3, 0.4) is 0 Å². The molecule has 1 unspecified atom stereocenters. The van der Waals surface area contributed by atoms with Gasteiger partial charge in [0.2, 0.25) is 0 Å². The minimum Gasteiger partial charge on any atom is -0.368 e. The lowest BCUT2D eigenvalue weighted by molar-refractivity contribution is -0.124. The van der Waals surface area contributed by atoms with Crippen LogP contribution in [0.2, 0.25) is 0 Å². The second-order valence-electron chi connectivity index (χ2n) is 4.66. The van der Waals surface area contributed by atoms with Crippen LogP contribution in [0.15, 0.2) is 27.8 Å². The lowest BCUT2D eigenvalue weighted by Crippen LogP contribution is -2.27. The van der Waals surface area contributed by atoms with E-state index in [9.17, 15) is 14.4 Å². The topological polar surface area (TPSA) is 104 Å². The van der Waals surface area contributed by atoms with Crippen LogP contribution in [-0.4, -0.2) is 28.8 Å². The normalized spacial score (nSPS) is 18.3. The van der Waals surface area contributed by atoms with Crippen molar-refractivity contribution in [1.82, 2.24) is 10.2 Å². The highest BCUT2D eigenvalue weighted by atomic mass is 16.5. The Kier molecular flexibility index (Phi) is 3.11.